The molecule has 13 heavy (non-hydrogen) atoms. The second-order valence-electron chi connectivity index (χ2n) is 2.35. The van der Waals surface area contributed by atoms with Gasteiger partial charge in [-0.05, 0) is 11.6 Å². The van der Waals surface area contributed by atoms with Crippen LogP contribution in [-0.2, 0) is 7.05 Å². The van der Waals surface area contributed by atoms with Crippen LogP contribution in [0.25, 0.3) is 16.5 Å². The Morgan fingerprint density at radius 1 is 1.85 bits per heavy atom. The van der Waals surface area contributed by atoms with E-state index in [-0.39, 0.29) is 0 Å². The van der Waals surface area contributed by atoms with Gasteiger partial charge in [-0.2, -0.15) is 5.10 Å². The van der Waals surface area contributed by atoms with Gasteiger partial charge in [-0.15, -0.1) is 0 Å². The van der Waals surface area contributed by atoms with Crippen molar-refractivity contribution in [3.63, 3.8) is 0 Å². The minimum absolute atomic E-state index is 0.309. The molecule has 0 N–H and O–H groups in total. The number of nitrogens with zero attached hydrogens (tertiary/aromatic N) is 5. The average molecular weight is 198 g/mol. The van der Waals surface area contributed by atoms with Crippen molar-refractivity contribution >= 4 is 17.7 Å². The molecule has 0 unspecified atom stereocenters. The molecule has 0 aliphatic carbocycles. The Kier molecular flexibility index (Phi) is 3.37. The molecule has 0 aromatic carbocycles. The predicted molar refractivity (Wildman–Crippen MR) is 51.3 cm³/mol. The Labute approximate surface area is 80.2 Å². The molecule has 0 aliphatic rings. The SMILES string of the molecule is Cn1cc(Cl)c(C=CCN=[N+]=[N-])n1. The second-order valence-corrected chi connectivity index (χ2v) is 2.76. The molecular formula is C7H8ClN5. The molecule has 0 saturated heterocycles. The Morgan fingerprint density at radius 3 is 3.15 bits per heavy atom. The molecule has 6 heteroatoms. The van der Waals surface area contributed by atoms with Gasteiger partial charge in [0.2, 0.25) is 0 Å². The van der Waals surface area contributed by atoms with Crippen LogP contribution in [0.15, 0.2) is 17.4 Å². The van der Waals surface area contributed by atoms with Crippen LogP contribution >= 0.6 is 11.6 Å². The maximum Gasteiger partial charge on any atom is 0.103 e. The quantitative estimate of drug-likeness (QED) is 0.417. The molecule has 1 aromatic heterocycles. The number of halogens is 1. The Hall–Kier alpha value is -1.45. The topological polar surface area (TPSA) is 66.6 Å². The summed E-state index contributed by atoms with van der Waals surface area (Å²) < 4.78 is 1.62. The van der Waals surface area contributed by atoms with E-state index in [2.05, 4.69) is 15.1 Å². The summed E-state index contributed by atoms with van der Waals surface area (Å²) in [6.07, 6.45) is 5.12. The van der Waals surface area contributed by atoms with Gasteiger partial charge in [0.15, 0.2) is 0 Å². The highest BCUT2D eigenvalue weighted by Gasteiger charge is 1.99. The summed E-state index contributed by atoms with van der Waals surface area (Å²) in [6, 6.07) is 0. The van der Waals surface area contributed by atoms with Gasteiger partial charge in [-0.25, -0.2) is 0 Å². The number of hydrogen-bond acceptors (Lipinski definition) is 2. The normalized spacial score (nSPS) is 10.3. The maximum atomic E-state index is 8.00. The lowest BCUT2D eigenvalue weighted by Gasteiger charge is -1.84. The summed E-state index contributed by atoms with van der Waals surface area (Å²) in [7, 11) is 1.79. The van der Waals surface area contributed by atoms with Crippen molar-refractivity contribution < 1.29 is 0 Å². The molecule has 1 aromatic rings. The van der Waals surface area contributed by atoms with Gasteiger partial charge < -0.3 is 0 Å². The van der Waals surface area contributed by atoms with E-state index in [4.69, 9.17) is 17.1 Å². The number of azide groups is 1. The van der Waals surface area contributed by atoms with Gasteiger partial charge in [0.05, 0.1) is 5.02 Å². The molecular weight excluding hydrogens is 190 g/mol. The predicted octanol–water partition coefficient (Wildman–Crippen LogP) is 2.40. The van der Waals surface area contributed by atoms with Gasteiger partial charge in [0, 0.05) is 24.7 Å². The molecule has 5 nitrogen and oxygen atoms in total. The lowest BCUT2D eigenvalue weighted by Crippen LogP contribution is -1.86. The van der Waals surface area contributed by atoms with E-state index in [0.717, 1.165) is 0 Å². The van der Waals surface area contributed by atoms with Crippen molar-refractivity contribution in [2.75, 3.05) is 6.54 Å². The number of aromatic nitrogens is 2. The molecule has 0 amide bonds. The highest BCUT2D eigenvalue weighted by atomic mass is 35.5. The molecule has 0 spiro atoms. The average Bonchev–Trinajstić information content (AvgIpc) is 2.39. The third-order valence-corrected chi connectivity index (χ3v) is 1.63. The van der Waals surface area contributed by atoms with Gasteiger partial charge in [-0.3, -0.25) is 4.68 Å². The van der Waals surface area contributed by atoms with E-state index >= 15 is 0 Å². The summed E-state index contributed by atoms with van der Waals surface area (Å²) in [5.41, 5.74) is 8.68. The minimum atomic E-state index is 0.309. The highest BCUT2D eigenvalue weighted by molar-refractivity contribution is 6.31. The first-order valence-electron chi connectivity index (χ1n) is 3.60. The molecule has 0 fully saturated rings. The van der Waals surface area contributed by atoms with Gasteiger partial charge in [-0.1, -0.05) is 22.8 Å². The first kappa shape index (κ1) is 9.64. The first-order valence-corrected chi connectivity index (χ1v) is 3.98. The Morgan fingerprint density at radius 2 is 2.62 bits per heavy atom. The van der Waals surface area contributed by atoms with Crippen LogP contribution in [0.5, 0.6) is 0 Å². The van der Waals surface area contributed by atoms with E-state index in [0.29, 0.717) is 17.3 Å². The fourth-order valence-corrected chi connectivity index (χ4v) is 1.08. The Bertz CT molecular complexity index is 361. The van der Waals surface area contributed by atoms with E-state index in [1.165, 1.54) is 0 Å². The number of hydrogen-bond donors (Lipinski definition) is 0. The highest BCUT2D eigenvalue weighted by Crippen LogP contribution is 2.14. The largest absolute Gasteiger partial charge is 0.274 e. The summed E-state index contributed by atoms with van der Waals surface area (Å²) in [5.74, 6) is 0. The fraction of sp³-hybridized carbons (Fsp3) is 0.286. The smallest absolute Gasteiger partial charge is 0.103 e. The van der Waals surface area contributed by atoms with Crippen molar-refractivity contribution in [3.8, 4) is 0 Å². The Balaban J connectivity index is 2.67. The second kappa shape index (κ2) is 4.54. The van der Waals surface area contributed by atoms with E-state index in [1.807, 2.05) is 0 Å². The number of rotatable bonds is 3. The van der Waals surface area contributed by atoms with Crippen LogP contribution < -0.4 is 0 Å². The molecule has 0 bridgehead atoms. The molecule has 1 heterocycles. The lowest BCUT2D eigenvalue weighted by atomic mass is 10.4. The number of aryl methyl sites for hydroxylation is 1. The van der Waals surface area contributed by atoms with E-state index < -0.39 is 0 Å². The van der Waals surface area contributed by atoms with Crippen LogP contribution in [0.4, 0.5) is 0 Å². The lowest BCUT2D eigenvalue weighted by molar-refractivity contribution is 0.764. The molecule has 0 atom stereocenters. The minimum Gasteiger partial charge on any atom is -0.274 e. The summed E-state index contributed by atoms with van der Waals surface area (Å²) in [6.45, 7) is 0.309. The molecule has 0 aliphatic heterocycles. The molecule has 68 valence electrons. The third-order valence-electron chi connectivity index (χ3n) is 1.34. The van der Waals surface area contributed by atoms with Crippen molar-refractivity contribution in [3.05, 3.63) is 33.4 Å². The summed E-state index contributed by atoms with van der Waals surface area (Å²) >= 11 is 5.82. The van der Waals surface area contributed by atoms with Crippen molar-refractivity contribution in [1.82, 2.24) is 9.78 Å². The van der Waals surface area contributed by atoms with Crippen LogP contribution in [-0.4, -0.2) is 16.3 Å². The maximum absolute atomic E-state index is 8.00. The van der Waals surface area contributed by atoms with Crippen LogP contribution in [0, 0.1) is 0 Å². The summed E-state index contributed by atoms with van der Waals surface area (Å²) in [4.78, 5) is 2.61. The van der Waals surface area contributed by atoms with Crippen molar-refractivity contribution in [1.29, 1.82) is 0 Å². The standard InChI is InChI=1S/C7H8ClN5/c1-13-5-6(8)7(11-13)3-2-4-10-12-9/h2-3,5H,4H2,1H3. The van der Waals surface area contributed by atoms with Crippen LogP contribution in [0.3, 0.4) is 0 Å². The first-order chi connectivity index (χ1) is 6.24. The van der Waals surface area contributed by atoms with Gasteiger partial charge in [0.25, 0.3) is 0 Å². The van der Waals surface area contributed by atoms with E-state index in [1.54, 1.807) is 30.1 Å². The molecule has 0 saturated carbocycles. The van der Waals surface area contributed by atoms with Crippen molar-refractivity contribution in [2.24, 2.45) is 12.2 Å². The van der Waals surface area contributed by atoms with Crippen LogP contribution in [0.2, 0.25) is 5.02 Å². The van der Waals surface area contributed by atoms with E-state index in [9.17, 15) is 0 Å². The van der Waals surface area contributed by atoms with Crippen LogP contribution in [0.1, 0.15) is 5.69 Å². The molecule has 1 rings (SSSR count). The fourth-order valence-electron chi connectivity index (χ4n) is 0.838. The summed E-state index contributed by atoms with van der Waals surface area (Å²) in [5, 5.41) is 7.99. The zero-order valence-corrected chi connectivity index (χ0v) is 7.81. The van der Waals surface area contributed by atoms with Gasteiger partial charge >= 0.3 is 0 Å². The zero-order chi connectivity index (χ0) is 9.68. The van der Waals surface area contributed by atoms with Gasteiger partial charge in [0.1, 0.15) is 5.69 Å². The molecule has 0 radical (unpaired) electrons. The monoisotopic (exact) mass is 197 g/mol. The van der Waals surface area contributed by atoms with Crippen molar-refractivity contribution in [2.45, 2.75) is 0 Å². The zero-order valence-electron chi connectivity index (χ0n) is 7.05. The third kappa shape index (κ3) is 2.82.